The van der Waals surface area contributed by atoms with E-state index in [1.807, 2.05) is 31.2 Å². The van der Waals surface area contributed by atoms with Gasteiger partial charge in [-0.15, -0.1) is 0 Å². The van der Waals surface area contributed by atoms with E-state index < -0.39 is 11.8 Å². The Morgan fingerprint density at radius 2 is 1.75 bits per heavy atom. The van der Waals surface area contributed by atoms with E-state index >= 15 is 0 Å². The molecule has 0 heterocycles. The van der Waals surface area contributed by atoms with Crippen LogP contribution in [0.3, 0.4) is 0 Å². The maximum Gasteiger partial charge on any atom is 0.340 e. The minimum Gasteiger partial charge on any atom is -0.494 e. The number of carbonyl (C=O) groups is 1. The Labute approximate surface area is 117 Å². The first-order valence-electron chi connectivity index (χ1n) is 6.26. The van der Waals surface area contributed by atoms with E-state index in [-0.39, 0.29) is 5.56 Å². The first-order chi connectivity index (χ1) is 9.65. The van der Waals surface area contributed by atoms with Crippen molar-refractivity contribution in [3.63, 3.8) is 0 Å². The summed E-state index contributed by atoms with van der Waals surface area (Å²) in [7, 11) is 1.22. The lowest BCUT2D eigenvalue weighted by atomic mass is 10.0. The van der Waals surface area contributed by atoms with Crippen LogP contribution in [0.15, 0.2) is 42.5 Å². The SMILES string of the molecule is CCOc1ccc(-c2ccc(C(=O)OC)c(F)c2)cc1. The molecule has 2 aromatic rings. The van der Waals surface area contributed by atoms with Crippen LogP contribution in [-0.4, -0.2) is 19.7 Å². The topological polar surface area (TPSA) is 35.5 Å². The van der Waals surface area contributed by atoms with Crippen LogP contribution in [0.2, 0.25) is 0 Å². The number of hydrogen-bond donors (Lipinski definition) is 0. The zero-order valence-corrected chi connectivity index (χ0v) is 11.4. The van der Waals surface area contributed by atoms with Gasteiger partial charge in [0.15, 0.2) is 0 Å². The highest BCUT2D eigenvalue weighted by Crippen LogP contribution is 2.24. The van der Waals surface area contributed by atoms with Crippen LogP contribution in [0.4, 0.5) is 4.39 Å². The molecule has 0 saturated carbocycles. The summed E-state index contributed by atoms with van der Waals surface area (Å²) >= 11 is 0. The average molecular weight is 274 g/mol. The standard InChI is InChI=1S/C16H15FO3/c1-3-20-13-7-4-11(5-8-13)12-6-9-14(15(17)10-12)16(18)19-2/h4-10H,3H2,1-2H3. The minimum absolute atomic E-state index is 0.0674. The Bertz CT molecular complexity index is 606. The van der Waals surface area contributed by atoms with Crippen molar-refractivity contribution in [3.8, 4) is 16.9 Å². The van der Waals surface area contributed by atoms with Crippen molar-refractivity contribution >= 4 is 5.97 Å². The summed E-state index contributed by atoms with van der Waals surface area (Å²) in [6, 6.07) is 11.8. The molecule has 0 bridgehead atoms. The molecular weight excluding hydrogens is 259 g/mol. The molecule has 2 aromatic carbocycles. The fourth-order valence-electron chi connectivity index (χ4n) is 1.88. The summed E-state index contributed by atoms with van der Waals surface area (Å²) in [5.41, 5.74) is 1.48. The Balaban J connectivity index is 2.29. The van der Waals surface area contributed by atoms with Gasteiger partial charge < -0.3 is 9.47 Å². The average Bonchev–Trinajstić information content (AvgIpc) is 2.47. The summed E-state index contributed by atoms with van der Waals surface area (Å²) in [5, 5.41) is 0. The van der Waals surface area contributed by atoms with Gasteiger partial charge in [0.05, 0.1) is 19.3 Å². The predicted octanol–water partition coefficient (Wildman–Crippen LogP) is 3.68. The second kappa shape index (κ2) is 6.19. The highest BCUT2D eigenvalue weighted by atomic mass is 19.1. The summed E-state index contributed by atoms with van der Waals surface area (Å²) < 4.78 is 23.7. The zero-order valence-electron chi connectivity index (χ0n) is 11.4. The molecule has 0 amide bonds. The molecule has 0 aliphatic carbocycles. The van der Waals surface area contributed by atoms with Crippen molar-refractivity contribution in [3.05, 3.63) is 53.8 Å². The maximum atomic E-state index is 13.8. The molecule has 0 fully saturated rings. The maximum absolute atomic E-state index is 13.8. The van der Waals surface area contributed by atoms with Gasteiger partial charge in [0, 0.05) is 0 Å². The van der Waals surface area contributed by atoms with Crippen molar-refractivity contribution in [2.75, 3.05) is 13.7 Å². The Morgan fingerprint density at radius 1 is 1.10 bits per heavy atom. The van der Waals surface area contributed by atoms with Crippen molar-refractivity contribution in [2.24, 2.45) is 0 Å². The van der Waals surface area contributed by atoms with Gasteiger partial charge in [-0.3, -0.25) is 0 Å². The minimum atomic E-state index is -0.680. The molecule has 0 aliphatic heterocycles. The molecule has 0 spiro atoms. The van der Waals surface area contributed by atoms with E-state index in [1.165, 1.54) is 19.2 Å². The third-order valence-corrected chi connectivity index (χ3v) is 2.87. The quantitative estimate of drug-likeness (QED) is 0.798. The Morgan fingerprint density at radius 3 is 2.30 bits per heavy atom. The van der Waals surface area contributed by atoms with Crippen LogP contribution in [0.5, 0.6) is 5.75 Å². The molecule has 0 radical (unpaired) electrons. The molecule has 20 heavy (non-hydrogen) atoms. The third kappa shape index (κ3) is 2.96. The second-order valence-corrected chi connectivity index (χ2v) is 4.14. The van der Waals surface area contributed by atoms with E-state index in [4.69, 9.17) is 4.74 Å². The van der Waals surface area contributed by atoms with Gasteiger partial charge in [0.1, 0.15) is 11.6 Å². The fourth-order valence-corrected chi connectivity index (χ4v) is 1.88. The number of hydrogen-bond acceptors (Lipinski definition) is 3. The highest BCUT2D eigenvalue weighted by molar-refractivity contribution is 5.90. The molecule has 0 saturated heterocycles. The van der Waals surface area contributed by atoms with E-state index in [0.717, 1.165) is 11.3 Å². The van der Waals surface area contributed by atoms with Gasteiger partial charge in [-0.1, -0.05) is 18.2 Å². The smallest absolute Gasteiger partial charge is 0.340 e. The lowest BCUT2D eigenvalue weighted by molar-refractivity contribution is 0.0595. The molecule has 2 rings (SSSR count). The van der Waals surface area contributed by atoms with Crippen molar-refractivity contribution in [2.45, 2.75) is 6.92 Å². The highest BCUT2D eigenvalue weighted by Gasteiger charge is 2.12. The number of halogens is 1. The van der Waals surface area contributed by atoms with Gasteiger partial charge >= 0.3 is 5.97 Å². The molecule has 104 valence electrons. The Hall–Kier alpha value is -2.36. The molecule has 3 nitrogen and oxygen atoms in total. The lowest BCUT2D eigenvalue weighted by Crippen LogP contribution is -2.04. The van der Waals surface area contributed by atoms with Gasteiger partial charge in [-0.05, 0) is 42.3 Å². The molecule has 0 aromatic heterocycles. The lowest BCUT2D eigenvalue weighted by Gasteiger charge is -2.07. The van der Waals surface area contributed by atoms with Crippen LogP contribution >= 0.6 is 0 Å². The van der Waals surface area contributed by atoms with Crippen molar-refractivity contribution in [1.82, 2.24) is 0 Å². The normalized spacial score (nSPS) is 10.2. The molecule has 0 aliphatic rings. The summed E-state index contributed by atoms with van der Waals surface area (Å²) in [5.74, 6) is -0.508. The van der Waals surface area contributed by atoms with Gasteiger partial charge in [0.2, 0.25) is 0 Å². The van der Waals surface area contributed by atoms with Crippen LogP contribution in [0.1, 0.15) is 17.3 Å². The van der Waals surface area contributed by atoms with E-state index in [0.29, 0.717) is 12.2 Å². The molecule has 0 unspecified atom stereocenters. The fraction of sp³-hybridized carbons (Fsp3) is 0.188. The van der Waals surface area contributed by atoms with Crippen molar-refractivity contribution < 1.29 is 18.7 Å². The summed E-state index contributed by atoms with van der Waals surface area (Å²) in [4.78, 5) is 11.3. The summed E-state index contributed by atoms with van der Waals surface area (Å²) in [6.45, 7) is 2.51. The number of benzene rings is 2. The molecule has 4 heteroatoms. The molecule has 0 N–H and O–H groups in total. The predicted molar refractivity (Wildman–Crippen MR) is 74.3 cm³/mol. The summed E-state index contributed by atoms with van der Waals surface area (Å²) in [6.07, 6.45) is 0. The monoisotopic (exact) mass is 274 g/mol. The number of carbonyl (C=O) groups excluding carboxylic acids is 1. The van der Waals surface area contributed by atoms with Crippen LogP contribution < -0.4 is 4.74 Å². The number of esters is 1. The van der Waals surface area contributed by atoms with Gasteiger partial charge in [0.25, 0.3) is 0 Å². The Kier molecular flexibility index (Phi) is 4.35. The van der Waals surface area contributed by atoms with E-state index in [1.54, 1.807) is 6.07 Å². The number of methoxy groups -OCH3 is 1. The molecule has 0 atom stereocenters. The largest absolute Gasteiger partial charge is 0.494 e. The number of rotatable bonds is 4. The molecular formula is C16H15FO3. The first-order valence-corrected chi connectivity index (χ1v) is 6.26. The second-order valence-electron chi connectivity index (χ2n) is 4.14. The third-order valence-electron chi connectivity index (χ3n) is 2.87. The first kappa shape index (κ1) is 14.1. The van der Waals surface area contributed by atoms with E-state index in [9.17, 15) is 9.18 Å². The van der Waals surface area contributed by atoms with E-state index in [2.05, 4.69) is 4.74 Å². The van der Waals surface area contributed by atoms with Crippen LogP contribution in [0, 0.1) is 5.82 Å². The van der Waals surface area contributed by atoms with Gasteiger partial charge in [-0.25, -0.2) is 9.18 Å². The van der Waals surface area contributed by atoms with Crippen molar-refractivity contribution in [1.29, 1.82) is 0 Å². The van der Waals surface area contributed by atoms with Gasteiger partial charge in [-0.2, -0.15) is 0 Å². The number of ether oxygens (including phenoxy) is 2. The van der Waals surface area contributed by atoms with Crippen LogP contribution in [-0.2, 0) is 4.74 Å². The van der Waals surface area contributed by atoms with Crippen LogP contribution in [0.25, 0.3) is 11.1 Å². The zero-order chi connectivity index (χ0) is 14.5.